The largest absolute Gasteiger partial charge is 1.00 e. The molecule has 0 radical (unpaired) electrons. The van der Waals surface area contributed by atoms with Crippen molar-refractivity contribution in [3.63, 3.8) is 0 Å². The molecule has 182 valence electrons. The van der Waals surface area contributed by atoms with Gasteiger partial charge < -0.3 is 48.0 Å². The molecule has 0 atom stereocenters. The van der Waals surface area contributed by atoms with E-state index in [0.29, 0.717) is 0 Å². The van der Waals surface area contributed by atoms with Crippen LogP contribution < -0.4 is 57.1 Å². The number of aryl methyl sites for hydroxylation is 2. The molecule has 0 saturated heterocycles. The minimum atomic E-state index is 0. The van der Waals surface area contributed by atoms with Crippen LogP contribution in [0.3, 0.4) is 0 Å². The van der Waals surface area contributed by atoms with Crippen LogP contribution in [-0.2, 0) is 13.1 Å². The SMILES string of the molecule is CCCCCCCCC[n+]1ccc(-c2cc[n+](CCCCCCCCC)cc2)cc1.[I-].[I-]. The summed E-state index contributed by atoms with van der Waals surface area (Å²) < 4.78 is 4.67. The maximum atomic E-state index is 2.33. The van der Waals surface area contributed by atoms with Gasteiger partial charge in [0.05, 0.1) is 0 Å². The molecule has 2 rings (SSSR count). The van der Waals surface area contributed by atoms with Crippen molar-refractivity contribution in [1.29, 1.82) is 0 Å². The second-order valence-corrected chi connectivity index (χ2v) is 8.89. The van der Waals surface area contributed by atoms with Gasteiger partial charge in [0.1, 0.15) is 13.1 Å². The third kappa shape index (κ3) is 14.1. The van der Waals surface area contributed by atoms with Crippen LogP contribution in [0.2, 0.25) is 0 Å². The number of hydrogen-bond donors (Lipinski definition) is 0. The third-order valence-electron chi connectivity index (χ3n) is 6.16. The number of nitrogens with zero attached hydrogens (tertiary/aromatic N) is 2. The first-order valence-corrected chi connectivity index (χ1v) is 12.8. The Hall–Kier alpha value is -0.240. The Morgan fingerprint density at radius 3 is 1.03 bits per heavy atom. The van der Waals surface area contributed by atoms with Gasteiger partial charge in [0, 0.05) is 37.1 Å². The Bertz CT molecular complexity index is 597. The summed E-state index contributed by atoms with van der Waals surface area (Å²) >= 11 is 0. The van der Waals surface area contributed by atoms with Crippen LogP contribution in [0.25, 0.3) is 11.1 Å². The van der Waals surface area contributed by atoms with Gasteiger partial charge in [-0.3, -0.25) is 0 Å². The lowest BCUT2D eigenvalue weighted by Crippen LogP contribution is -3.00. The first-order chi connectivity index (χ1) is 14.8. The van der Waals surface area contributed by atoms with E-state index in [1.165, 1.54) is 101 Å². The van der Waals surface area contributed by atoms with Gasteiger partial charge in [-0.15, -0.1) is 0 Å². The van der Waals surface area contributed by atoms with Gasteiger partial charge in [0.15, 0.2) is 24.8 Å². The van der Waals surface area contributed by atoms with Gasteiger partial charge in [-0.25, -0.2) is 9.13 Å². The summed E-state index contributed by atoms with van der Waals surface area (Å²) in [6.45, 7) is 6.85. The molecule has 0 fully saturated rings. The second-order valence-electron chi connectivity index (χ2n) is 8.89. The summed E-state index contributed by atoms with van der Waals surface area (Å²) in [5, 5.41) is 0. The molecular formula is C28H46I2N2. The fraction of sp³-hybridized carbons (Fsp3) is 0.643. The topological polar surface area (TPSA) is 7.76 Å². The van der Waals surface area contributed by atoms with Crippen LogP contribution in [0.15, 0.2) is 49.1 Å². The lowest BCUT2D eigenvalue weighted by atomic mass is 10.1. The third-order valence-corrected chi connectivity index (χ3v) is 6.16. The van der Waals surface area contributed by atoms with E-state index in [9.17, 15) is 0 Å². The zero-order valence-electron chi connectivity index (χ0n) is 20.6. The van der Waals surface area contributed by atoms with Crippen molar-refractivity contribution in [2.75, 3.05) is 0 Å². The van der Waals surface area contributed by atoms with Crippen LogP contribution >= 0.6 is 0 Å². The maximum absolute atomic E-state index is 2.33. The van der Waals surface area contributed by atoms with Crippen molar-refractivity contribution in [1.82, 2.24) is 0 Å². The Morgan fingerprint density at radius 1 is 0.438 bits per heavy atom. The number of aromatic nitrogens is 2. The first kappa shape index (κ1) is 31.8. The molecule has 2 heterocycles. The number of halogens is 2. The minimum absolute atomic E-state index is 0. The molecule has 2 aromatic heterocycles. The van der Waals surface area contributed by atoms with E-state index in [2.05, 4.69) is 72.0 Å². The van der Waals surface area contributed by atoms with Crippen LogP contribution in [0.1, 0.15) is 104 Å². The highest BCUT2D eigenvalue weighted by atomic mass is 127. The predicted octanol–water partition coefficient (Wildman–Crippen LogP) is 1.44. The van der Waals surface area contributed by atoms with Gasteiger partial charge >= 0.3 is 0 Å². The summed E-state index contributed by atoms with van der Waals surface area (Å²) in [5.74, 6) is 0. The molecule has 0 N–H and O–H groups in total. The molecule has 0 bridgehead atoms. The average Bonchev–Trinajstić information content (AvgIpc) is 2.79. The summed E-state index contributed by atoms with van der Waals surface area (Å²) in [6.07, 6.45) is 28.2. The van der Waals surface area contributed by atoms with Crippen LogP contribution in [0.5, 0.6) is 0 Å². The zero-order valence-corrected chi connectivity index (χ0v) is 24.9. The highest BCUT2D eigenvalue weighted by molar-refractivity contribution is 5.60. The Balaban J connectivity index is 0.00000480. The lowest BCUT2D eigenvalue weighted by molar-refractivity contribution is -0.697. The van der Waals surface area contributed by atoms with Gasteiger partial charge in [0.25, 0.3) is 0 Å². The molecule has 0 amide bonds. The standard InChI is InChI=1S/C28H46N2.2HI/c1-3-5-7-9-11-13-15-21-29-23-17-27(18-24-29)28-19-25-30(26-20-28)22-16-14-12-10-8-6-4-2;;/h17-20,23-26H,3-16,21-22H2,1-2H3;2*1H/q+2;;/p-2. The average molecular weight is 664 g/mol. The van der Waals surface area contributed by atoms with Crippen molar-refractivity contribution in [3.8, 4) is 11.1 Å². The molecule has 2 aromatic rings. The van der Waals surface area contributed by atoms with Gasteiger partial charge in [-0.05, 0) is 24.0 Å². The van der Waals surface area contributed by atoms with E-state index in [1.54, 1.807) is 0 Å². The highest BCUT2D eigenvalue weighted by Crippen LogP contribution is 2.16. The Morgan fingerprint density at radius 2 is 0.719 bits per heavy atom. The molecule has 4 heteroatoms. The molecule has 0 unspecified atom stereocenters. The van der Waals surface area contributed by atoms with Crippen LogP contribution in [0.4, 0.5) is 0 Å². The van der Waals surface area contributed by atoms with Crippen molar-refractivity contribution in [2.45, 2.75) is 117 Å². The zero-order chi connectivity index (χ0) is 21.3. The summed E-state index contributed by atoms with van der Waals surface area (Å²) in [4.78, 5) is 0. The van der Waals surface area contributed by atoms with E-state index in [4.69, 9.17) is 0 Å². The summed E-state index contributed by atoms with van der Waals surface area (Å²) in [7, 11) is 0. The fourth-order valence-corrected chi connectivity index (χ4v) is 4.10. The lowest BCUT2D eigenvalue weighted by Gasteiger charge is -2.03. The smallest absolute Gasteiger partial charge is 0.169 e. The van der Waals surface area contributed by atoms with Crippen molar-refractivity contribution >= 4 is 0 Å². The predicted molar refractivity (Wildman–Crippen MR) is 128 cm³/mol. The Kier molecular flexibility index (Phi) is 21.1. The molecule has 2 nitrogen and oxygen atoms in total. The van der Waals surface area contributed by atoms with Crippen LogP contribution in [0, 0.1) is 0 Å². The van der Waals surface area contributed by atoms with E-state index in [-0.39, 0.29) is 48.0 Å². The van der Waals surface area contributed by atoms with E-state index < -0.39 is 0 Å². The molecule has 32 heavy (non-hydrogen) atoms. The second kappa shape index (κ2) is 21.3. The van der Waals surface area contributed by atoms with Gasteiger partial charge in [-0.2, -0.15) is 0 Å². The van der Waals surface area contributed by atoms with E-state index in [0.717, 1.165) is 13.1 Å². The van der Waals surface area contributed by atoms with Gasteiger partial charge in [-0.1, -0.05) is 78.1 Å². The quantitative estimate of drug-likeness (QED) is 0.138. The summed E-state index contributed by atoms with van der Waals surface area (Å²) in [6, 6.07) is 9.04. The monoisotopic (exact) mass is 664 g/mol. The Labute approximate surface area is 232 Å². The van der Waals surface area contributed by atoms with Crippen molar-refractivity contribution in [2.24, 2.45) is 0 Å². The molecule has 0 aliphatic heterocycles. The summed E-state index contributed by atoms with van der Waals surface area (Å²) in [5.41, 5.74) is 2.63. The van der Waals surface area contributed by atoms with Crippen molar-refractivity contribution in [3.05, 3.63) is 49.1 Å². The maximum Gasteiger partial charge on any atom is 0.169 e. The molecule has 0 aromatic carbocycles. The number of hydrogen-bond acceptors (Lipinski definition) is 0. The highest BCUT2D eigenvalue weighted by Gasteiger charge is 2.06. The number of rotatable bonds is 17. The van der Waals surface area contributed by atoms with E-state index in [1.807, 2.05) is 0 Å². The van der Waals surface area contributed by atoms with Crippen LogP contribution in [-0.4, -0.2) is 0 Å². The van der Waals surface area contributed by atoms with Gasteiger partial charge in [0.2, 0.25) is 0 Å². The fourth-order valence-electron chi connectivity index (χ4n) is 4.10. The molecule has 0 spiro atoms. The molecule has 0 aliphatic carbocycles. The normalized spacial score (nSPS) is 10.4. The van der Waals surface area contributed by atoms with E-state index >= 15 is 0 Å². The number of unbranched alkanes of at least 4 members (excludes halogenated alkanes) is 12. The first-order valence-electron chi connectivity index (χ1n) is 12.8. The minimum Gasteiger partial charge on any atom is -1.00 e. The van der Waals surface area contributed by atoms with Crippen molar-refractivity contribution < 1.29 is 57.1 Å². The number of pyridine rings is 2. The molecule has 0 saturated carbocycles. The molecule has 0 aliphatic rings. The molecular weight excluding hydrogens is 618 g/mol.